The molecule has 0 saturated heterocycles. The molecule has 0 bridgehead atoms. The molecular weight excluding hydrogens is 251 g/mol. The lowest BCUT2D eigenvalue weighted by Crippen LogP contribution is -2.03. The van der Waals surface area contributed by atoms with Gasteiger partial charge in [0.05, 0.1) is 13.2 Å². The van der Waals surface area contributed by atoms with Crippen molar-refractivity contribution < 1.29 is 23.8 Å². The second-order valence-electron chi connectivity index (χ2n) is 4.16. The van der Waals surface area contributed by atoms with Gasteiger partial charge in [0, 0.05) is 24.8 Å². The molecule has 0 atom stereocenters. The van der Waals surface area contributed by atoms with Crippen LogP contribution in [0.25, 0.3) is 0 Å². The number of ketones is 2. The molecule has 0 heterocycles. The Labute approximate surface area is 111 Å². The number of carbonyl (C=O) groups excluding carboxylic acids is 2. The molecule has 0 spiro atoms. The first-order chi connectivity index (χ1) is 9.13. The summed E-state index contributed by atoms with van der Waals surface area (Å²) in [6.45, 7) is 1.81. The second kappa shape index (κ2) is 8.37. The molecule has 0 N–H and O–H groups in total. The molecule has 0 aromatic heterocycles. The first kappa shape index (κ1) is 15.3. The molecule has 19 heavy (non-hydrogen) atoms. The Kier molecular flexibility index (Phi) is 6.74. The molecule has 0 saturated carbocycles. The van der Waals surface area contributed by atoms with Gasteiger partial charge in [-0.05, 0) is 35.7 Å². The van der Waals surface area contributed by atoms with E-state index in [1.165, 1.54) is 6.92 Å². The normalized spacial score (nSPS) is 10.2. The van der Waals surface area contributed by atoms with E-state index < -0.39 is 0 Å². The summed E-state index contributed by atoms with van der Waals surface area (Å²) in [7, 11) is 0. The summed E-state index contributed by atoms with van der Waals surface area (Å²) in [4.78, 5) is 25.9. The standard InChI is InChI=1S/C14H17FO4/c1-11(16)3-8-14(17)12-4-6-13(7-5-12)18-9-2-10-19-15/h4-7H,2-3,8-10H2,1H3. The predicted molar refractivity (Wildman–Crippen MR) is 67.9 cm³/mol. The number of ether oxygens (including phenoxy) is 1. The molecule has 0 unspecified atom stereocenters. The summed E-state index contributed by atoms with van der Waals surface area (Å²) < 4.78 is 16.7. The Morgan fingerprint density at radius 1 is 1.11 bits per heavy atom. The number of hydrogen-bond acceptors (Lipinski definition) is 4. The number of rotatable bonds is 9. The van der Waals surface area contributed by atoms with Gasteiger partial charge in [-0.1, -0.05) is 0 Å². The molecule has 0 aliphatic carbocycles. The van der Waals surface area contributed by atoms with Crippen molar-refractivity contribution in [1.29, 1.82) is 0 Å². The summed E-state index contributed by atoms with van der Waals surface area (Å²) in [6, 6.07) is 6.67. The molecular formula is C14H17FO4. The third-order valence-electron chi connectivity index (χ3n) is 2.51. The van der Waals surface area contributed by atoms with E-state index in [9.17, 15) is 14.1 Å². The van der Waals surface area contributed by atoms with Crippen molar-refractivity contribution in [3.63, 3.8) is 0 Å². The van der Waals surface area contributed by atoms with Crippen LogP contribution in [0, 0.1) is 0 Å². The van der Waals surface area contributed by atoms with E-state index in [0.29, 0.717) is 24.3 Å². The van der Waals surface area contributed by atoms with Gasteiger partial charge in [-0.15, -0.1) is 0 Å². The van der Waals surface area contributed by atoms with Crippen molar-refractivity contribution in [1.82, 2.24) is 0 Å². The van der Waals surface area contributed by atoms with Crippen LogP contribution in [0.4, 0.5) is 4.53 Å². The van der Waals surface area contributed by atoms with Crippen LogP contribution < -0.4 is 4.74 Å². The van der Waals surface area contributed by atoms with E-state index in [1.54, 1.807) is 24.3 Å². The van der Waals surface area contributed by atoms with Crippen molar-refractivity contribution in [2.45, 2.75) is 26.2 Å². The van der Waals surface area contributed by atoms with Crippen LogP contribution in [0.1, 0.15) is 36.5 Å². The van der Waals surface area contributed by atoms with Gasteiger partial charge in [0.15, 0.2) is 5.78 Å². The largest absolute Gasteiger partial charge is 0.494 e. The van der Waals surface area contributed by atoms with Gasteiger partial charge in [-0.25, -0.2) is 0 Å². The lowest BCUT2D eigenvalue weighted by atomic mass is 10.1. The molecule has 1 rings (SSSR count). The zero-order valence-electron chi connectivity index (χ0n) is 10.9. The Morgan fingerprint density at radius 3 is 2.37 bits per heavy atom. The monoisotopic (exact) mass is 268 g/mol. The Morgan fingerprint density at radius 2 is 1.79 bits per heavy atom. The van der Waals surface area contributed by atoms with E-state index in [1.807, 2.05) is 0 Å². The number of carbonyl (C=O) groups is 2. The molecule has 5 heteroatoms. The van der Waals surface area contributed by atoms with Crippen LogP contribution in [-0.4, -0.2) is 24.8 Å². The van der Waals surface area contributed by atoms with Crippen molar-refractivity contribution in [3.8, 4) is 5.75 Å². The highest BCUT2D eigenvalue weighted by atomic mass is 19.3. The summed E-state index contributed by atoms with van der Waals surface area (Å²) in [6.07, 6.45) is 0.944. The zero-order valence-corrected chi connectivity index (χ0v) is 10.9. The molecule has 1 aromatic carbocycles. The number of halogens is 1. The van der Waals surface area contributed by atoms with Gasteiger partial charge in [0.25, 0.3) is 0 Å². The number of benzene rings is 1. The lowest BCUT2D eigenvalue weighted by Gasteiger charge is -2.06. The summed E-state index contributed by atoms with van der Waals surface area (Å²) in [5.74, 6) is 0.554. The van der Waals surface area contributed by atoms with Crippen LogP contribution in [0.15, 0.2) is 24.3 Å². The SMILES string of the molecule is CC(=O)CCC(=O)c1ccc(OCCCOF)cc1. The summed E-state index contributed by atoms with van der Waals surface area (Å²) in [5.41, 5.74) is 0.556. The molecule has 0 fully saturated rings. The van der Waals surface area contributed by atoms with Crippen LogP contribution in [0.3, 0.4) is 0 Å². The van der Waals surface area contributed by atoms with Crippen LogP contribution in [0.5, 0.6) is 5.75 Å². The molecule has 0 aliphatic heterocycles. The van der Waals surface area contributed by atoms with Crippen molar-refractivity contribution in [3.05, 3.63) is 29.8 Å². The van der Waals surface area contributed by atoms with E-state index in [4.69, 9.17) is 4.74 Å². The highest BCUT2D eigenvalue weighted by Gasteiger charge is 2.07. The van der Waals surface area contributed by atoms with E-state index in [2.05, 4.69) is 4.94 Å². The maximum Gasteiger partial charge on any atom is 0.163 e. The van der Waals surface area contributed by atoms with Gasteiger partial charge in [-0.2, -0.15) is 4.94 Å². The van der Waals surface area contributed by atoms with Crippen LogP contribution >= 0.6 is 0 Å². The molecule has 4 nitrogen and oxygen atoms in total. The molecule has 104 valence electrons. The average Bonchev–Trinajstić information content (AvgIpc) is 2.41. The summed E-state index contributed by atoms with van der Waals surface area (Å²) >= 11 is 0. The lowest BCUT2D eigenvalue weighted by molar-refractivity contribution is -0.134. The van der Waals surface area contributed by atoms with E-state index in [0.717, 1.165) is 0 Å². The fourth-order valence-corrected chi connectivity index (χ4v) is 1.47. The van der Waals surface area contributed by atoms with Crippen molar-refractivity contribution in [2.24, 2.45) is 0 Å². The maximum atomic E-state index is 11.7. The van der Waals surface area contributed by atoms with Crippen molar-refractivity contribution in [2.75, 3.05) is 13.2 Å². The smallest absolute Gasteiger partial charge is 0.163 e. The minimum absolute atomic E-state index is 0.00160. The molecule has 0 radical (unpaired) electrons. The molecule has 1 aromatic rings. The summed E-state index contributed by atoms with van der Waals surface area (Å²) in [5, 5.41) is 0. The topological polar surface area (TPSA) is 52.6 Å². The first-order valence-electron chi connectivity index (χ1n) is 6.12. The first-order valence-corrected chi connectivity index (χ1v) is 6.12. The van der Waals surface area contributed by atoms with Crippen molar-refractivity contribution >= 4 is 11.6 Å². The highest BCUT2D eigenvalue weighted by molar-refractivity contribution is 5.98. The molecule has 0 aliphatic rings. The van der Waals surface area contributed by atoms with Gasteiger partial charge >= 0.3 is 0 Å². The van der Waals surface area contributed by atoms with Gasteiger partial charge in [0.2, 0.25) is 0 Å². The van der Waals surface area contributed by atoms with E-state index >= 15 is 0 Å². The van der Waals surface area contributed by atoms with Gasteiger partial charge < -0.3 is 9.53 Å². The fraction of sp³-hybridized carbons (Fsp3) is 0.429. The third kappa shape index (κ3) is 6.10. The van der Waals surface area contributed by atoms with Gasteiger partial charge in [-0.3, -0.25) is 4.79 Å². The van der Waals surface area contributed by atoms with Gasteiger partial charge in [0.1, 0.15) is 11.5 Å². The second-order valence-corrected chi connectivity index (χ2v) is 4.16. The Balaban J connectivity index is 2.42. The zero-order chi connectivity index (χ0) is 14.1. The Bertz CT molecular complexity index is 414. The minimum atomic E-state index is -0.0624. The predicted octanol–water partition coefficient (Wildman–Crippen LogP) is 2.91. The highest BCUT2D eigenvalue weighted by Crippen LogP contribution is 2.14. The maximum absolute atomic E-state index is 11.7. The van der Waals surface area contributed by atoms with Crippen LogP contribution in [-0.2, 0) is 9.74 Å². The number of hydrogen-bond donors (Lipinski definition) is 0. The fourth-order valence-electron chi connectivity index (χ4n) is 1.47. The quantitative estimate of drug-likeness (QED) is 0.510. The Hall–Kier alpha value is -1.75. The van der Waals surface area contributed by atoms with Crippen LogP contribution in [0.2, 0.25) is 0 Å². The minimum Gasteiger partial charge on any atom is -0.494 e. The van der Waals surface area contributed by atoms with E-state index in [-0.39, 0.29) is 31.0 Å². The third-order valence-corrected chi connectivity index (χ3v) is 2.51. The number of Topliss-reactive ketones (excluding diaryl/α,β-unsaturated/α-hetero) is 2. The average molecular weight is 268 g/mol. The molecule has 0 amide bonds.